The first-order valence-electron chi connectivity index (χ1n) is 16.9. The van der Waals surface area contributed by atoms with Gasteiger partial charge < -0.3 is 19.6 Å². The van der Waals surface area contributed by atoms with Gasteiger partial charge in [-0.15, -0.1) is 21.5 Å². The molecule has 1 aromatic carbocycles. The van der Waals surface area contributed by atoms with Crippen LogP contribution in [0.3, 0.4) is 0 Å². The molecule has 0 radical (unpaired) electrons. The molecule has 1 fully saturated rings. The lowest BCUT2D eigenvalue weighted by atomic mass is 9.89. The zero-order valence-corrected chi connectivity index (χ0v) is 29.7. The highest BCUT2D eigenvalue weighted by Crippen LogP contribution is 2.49. The van der Waals surface area contributed by atoms with Crippen molar-refractivity contribution in [2.45, 2.75) is 76.5 Å². The molecule has 2 atom stereocenters. The van der Waals surface area contributed by atoms with Crippen LogP contribution in [0.4, 0.5) is 5.82 Å². The monoisotopic (exact) mass is 685 g/mol. The maximum Gasteiger partial charge on any atom is 0.250 e. The number of aromatic nitrogens is 4. The van der Waals surface area contributed by atoms with Crippen molar-refractivity contribution in [2.75, 3.05) is 31.8 Å². The van der Waals surface area contributed by atoms with Gasteiger partial charge in [0.25, 0.3) is 0 Å². The van der Waals surface area contributed by atoms with Crippen LogP contribution in [-0.4, -0.2) is 50.5 Å². The summed E-state index contributed by atoms with van der Waals surface area (Å²) in [4.78, 5) is 11.3. The Bertz CT molecular complexity index is 1960. The summed E-state index contributed by atoms with van der Waals surface area (Å²) in [5.41, 5.74) is 12.7. The average Bonchev–Trinajstić information content (AvgIpc) is 3.90. The molecule has 8 rings (SSSR count). The van der Waals surface area contributed by atoms with Crippen molar-refractivity contribution >= 4 is 38.0 Å². The first kappa shape index (κ1) is 32.9. The van der Waals surface area contributed by atoms with Crippen molar-refractivity contribution in [1.29, 1.82) is 0 Å². The zero-order chi connectivity index (χ0) is 33.4. The molecule has 0 spiro atoms. The highest BCUT2D eigenvalue weighted by molar-refractivity contribution is 7.85. The van der Waals surface area contributed by atoms with E-state index in [1.54, 1.807) is 31.6 Å². The second-order valence-electron chi connectivity index (χ2n) is 13.3. The minimum Gasteiger partial charge on any atom is -0.496 e. The molecule has 48 heavy (non-hydrogen) atoms. The molecular weight excluding hydrogens is 643 g/mol. The van der Waals surface area contributed by atoms with Gasteiger partial charge in [-0.2, -0.15) is 0 Å². The second kappa shape index (κ2) is 14.1. The van der Waals surface area contributed by atoms with Crippen molar-refractivity contribution < 1.29 is 18.1 Å². The van der Waals surface area contributed by atoms with Crippen LogP contribution in [0, 0.1) is 18.8 Å². The van der Waals surface area contributed by atoms with Gasteiger partial charge in [-0.3, -0.25) is 9.19 Å². The molecule has 0 saturated carbocycles. The highest BCUT2D eigenvalue weighted by atomic mass is 32.2. The minimum atomic E-state index is -1.19. The molecule has 3 aliphatic rings. The van der Waals surface area contributed by atoms with E-state index in [1.165, 1.54) is 30.4 Å². The highest BCUT2D eigenvalue weighted by Gasteiger charge is 2.38. The molecule has 0 bridgehead atoms. The molecule has 2 N–H and O–H groups in total. The van der Waals surface area contributed by atoms with Gasteiger partial charge in [-0.25, -0.2) is 4.98 Å². The number of anilines is 1. The number of hydrogen-bond acceptors (Lipinski definition) is 10. The molecule has 4 aromatic heterocycles. The Morgan fingerprint density at radius 1 is 1.12 bits per heavy atom. The van der Waals surface area contributed by atoms with E-state index in [2.05, 4.69) is 47.2 Å². The largest absolute Gasteiger partial charge is 0.496 e. The fraction of sp³-hybridized carbons (Fsp3) is 0.459. The van der Waals surface area contributed by atoms with Crippen molar-refractivity contribution in [3.05, 3.63) is 64.9 Å². The molecule has 6 heterocycles. The van der Waals surface area contributed by atoms with Gasteiger partial charge in [-0.05, 0) is 91.5 Å². The topological polar surface area (TPSA) is 126 Å². The minimum absolute atomic E-state index is 0.135. The van der Waals surface area contributed by atoms with Crippen LogP contribution in [0.25, 0.3) is 32.0 Å². The third-order valence-electron chi connectivity index (χ3n) is 9.87. The molecule has 0 amide bonds. The quantitative estimate of drug-likeness (QED) is 0.183. The van der Waals surface area contributed by atoms with Gasteiger partial charge in [0.2, 0.25) is 11.8 Å². The van der Waals surface area contributed by atoms with E-state index in [1.807, 2.05) is 12.1 Å². The predicted octanol–water partition coefficient (Wildman–Crippen LogP) is 7.70. The summed E-state index contributed by atoms with van der Waals surface area (Å²) in [6, 6.07) is 10.4. The third kappa shape index (κ3) is 6.40. The number of nitrogens with two attached hydrogens (primary N) is 1. The fourth-order valence-electron chi connectivity index (χ4n) is 7.26. The van der Waals surface area contributed by atoms with E-state index in [-0.39, 0.29) is 5.92 Å². The normalized spacial score (nSPS) is 18.9. The van der Waals surface area contributed by atoms with Crippen LogP contribution in [0.15, 0.2) is 45.8 Å². The van der Waals surface area contributed by atoms with Crippen molar-refractivity contribution in [3.63, 3.8) is 0 Å². The second-order valence-corrected chi connectivity index (χ2v) is 15.8. The first-order valence-corrected chi connectivity index (χ1v) is 19.1. The van der Waals surface area contributed by atoms with E-state index in [0.29, 0.717) is 35.2 Å². The van der Waals surface area contributed by atoms with Crippen LogP contribution in [0.5, 0.6) is 5.75 Å². The number of hydrogen-bond donors (Lipinski definition) is 1. The molecule has 11 heteroatoms. The average molecular weight is 686 g/mol. The lowest BCUT2D eigenvalue weighted by molar-refractivity contribution is 0.0639. The van der Waals surface area contributed by atoms with Gasteiger partial charge in [0.15, 0.2) is 0 Å². The summed E-state index contributed by atoms with van der Waals surface area (Å²) < 4.78 is 31.5. The maximum absolute atomic E-state index is 13.7. The molecule has 5 aromatic rings. The van der Waals surface area contributed by atoms with Gasteiger partial charge in [0, 0.05) is 48.4 Å². The van der Waals surface area contributed by atoms with Crippen LogP contribution in [0.1, 0.15) is 73.9 Å². The number of benzene rings is 1. The SMILES string of the molecule is COc1cccc2c1CCC2.Cc1nnc(-c2c(CCC3CCOCC3)nc3c(c2-c2cc4ccnc(N)c4s2)S(=O)CC3C(C)C)o1. The molecule has 9 nitrogen and oxygen atoms in total. The van der Waals surface area contributed by atoms with E-state index >= 15 is 0 Å². The van der Waals surface area contributed by atoms with Crippen LogP contribution in [-0.2, 0) is 34.8 Å². The summed E-state index contributed by atoms with van der Waals surface area (Å²) in [6.45, 7) is 7.78. The fourth-order valence-corrected chi connectivity index (χ4v) is 10.3. The number of ether oxygens (including phenoxy) is 2. The Morgan fingerprint density at radius 2 is 1.96 bits per heavy atom. The number of fused-ring (bicyclic) bond motifs is 3. The van der Waals surface area contributed by atoms with Crippen molar-refractivity contribution in [3.8, 4) is 27.6 Å². The van der Waals surface area contributed by atoms with Crippen LogP contribution >= 0.6 is 11.3 Å². The van der Waals surface area contributed by atoms with Gasteiger partial charge in [-0.1, -0.05) is 26.0 Å². The Kier molecular flexibility index (Phi) is 9.62. The number of nitrogen functional groups attached to an aromatic ring is 1. The summed E-state index contributed by atoms with van der Waals surface area (Å²) in [5.74, 6) is 4.11. The summed E-state index contributed by atoms with van der Waals surface area (Å²) >= 11 is 1.57. The number of aryl methyl sites for hydroxylation is 3. The lowest BCUT2D eigenvalue weighted by Crippen LogP contribution is -2.17. The standard InChI is InChI=1S/C27H31N5O3S2.C10H12O/c1-14(2)18-13-37(33)25-22(20-12-17-6-9-29-26(28)24(17)36-20)21(27-32-31-15(3)35-27)19(30-23(18)25)5-4-16-7-10-34-11-8-16;1-11-10-7-3-5-8-4-2-6-9(8)10/h6,9,12,14,16,18H,4-5,7-8,10-11,13H2,1-3H3,(H2,28,29);3,5,7H,2,4,6H2,1H3. The van der Waals surface area contributed by atoms with E-state index in [4.69, 9.17) is 24.6 Å². The zero-order valence-electron chi connectivity index (χ0n) is 28.1. The Morgan fingerprint density at radius 3 is 2.69 bits per heavy atom. The lowest BCUT2D eigenvalue weighted by Gasteiger charge is -2.23. The molecule has 2 unspecified atom stereocenters. The van der Waals surface area contributed by atoms with Crippen LogP contribution in [0.2, 0.25) is 0 Å². The number of methoxy groups -OCH3 is 1. The summed E-state index contributed by atoms with van der Waals surface area (Å²) in [6.07, 6.45) is 9.35. The van der Waals surface area contributed by atoms with E-state index in [9.17, 15) is 4.21 Å². The molecule has 1 aliphatic carbocycles. The van der Waals surface area contributed by atoms with E-state index < -0.39 is 10.8 Å². The summed E-state index contributed by atoms with van der Waals surface area (Å²) in [7, 11) is 0.554. The number of rotatable bonds is 7. The maximum atomic E-state index is 13.7. The Hall–Kier alpha value is -3.67. The van der Waals surface area contributed by atoms with Gasteiger partial charge in [0.05, 0.1) is 44.5 Å². The Balaban J connectivity index is 0.000000280. The Labute approximate surface area is 288 Å². The molecule has 1 saturated heterocycles. The van der Waals surface area contributed by atoms with Crippen molar-refractivity contribution in [2.24, 2.45) is 11.8 Å². The smallest absolute Gasteiger partial charge is 0.250 e. The van der Waals surface area contributed by atoms with Gasteiger partial charge in [0.1, 0.15) is 11.6 Å². The van der Waals surface area contributed by atoms with Crippen molar-refractivity contribution in [1.82, 2.24) is 20.2 Å². The number of pyridine rings is 2. The predicted molar refractivity (Wildman–Crippen MR) is 191 cm³/mol. The molecule has 2 aliphatic heterocycles. The number of nitrogens with zero attached hydrogens (tertiary/aromatic N) is 4. The van der Waals surface area contributed by atoms with Gasteiger partial charge >= 0.3 is 0 Å². The first-order chi connectivity index (χ1) is 23.3. The summed E-state index contributed by atoms with van der Waals surface area (Å²) in [5, 5.41) is 9.58. The molecule has 252 valence electrons. The van der Waals surface area contributed by atoms with E-state index in [0.717, 1.165) is 87.0 Å². The number of thiophene rings is 1. The third-order valence-corrected chi connectivity index (χ3v) is 12.6. The molecular formula is C37H43N5O4S2. The van der Waals surface area contributed by atoms with Crippen LogP contribution < -0.4 is 10.5 Å².